The number of hydrogen-bond acceptors (Lipinski definition) is 2. The van der Waals surface area contributed by atoms with Gasteiger partial charge in [0.05, 0.1) is 5.41 Å². The van der Waals surface area contributed by atoms with E-state index in [1.807, 2.05) is 13.8 Å². The van der Waals surface area contributed by atoms with Crippen LogP contribution in [-0.4, -0.2) is 30.9 Å². The lowest BCUT2D eigenvalue weighted by Gasteiger charge is -2.28. The largest absolute Gasteiger partial charge is 0.345 e. The lowest BCUT2D eigenvalue weighted by atomic mass is 9.92. The van der Waals surface area contributed by atoms with E-state index in [0.29, 0.717) is 19.5 Å². The fraction of sp³-hybridized carbons (Fsp3) is 0.500. The molecule has 0 atom stereocenters. The Morgan fingerprint density at radius 1 is 1.33 bits per heavy atom. The molecule has 0 aliphatic carbocycles. The molecule has 0 saturated heterocycles. The lowest BCUT2D eigenvalue weighted by Crippen LogP contribution is -2.43. The Labute approximate surface area is 108 Å². The Bertz CT molecular complexity index is 401. The van der Waals surface area contributed by atoms with Gasteiger partial charge in [-0.1, -0.05) is 12.1 Å². The van der Waals surface area contributed by atoms with Gasteiger partial charge in [-0.15, -0.1) is 0 Å². The summed E-state index contributed by atoms with van der Waals surface area (Å²) in [5.41, 5.74) is 6.06. The number of nitrogens with two attached hydrogens (primary N) is 1. The van der Waals surface area contributed by atoms with Crippen LogP contribution in [0.3, 0.4) is 0 Å². The second-order valence-electron chi connectivity index (χ2n) is 5.19. The first kappa shape index (κ1) is 14.6. The molecule has 100 valence electrons. The molecule has 0 saturated carbocycles. The number of hydrogen-bond donors (Lipinski definition) is 1. The highest BCUT2D eigenvalue weighted by Gasteiger charge is 2.28. The van der Waals surface area contributed by atoms with E-state index in [1.54, 1.807) is 24.1 Å². The van der Waals surface area contributed by atoms with Gasteiger partial charge in [-0.25, -0.2) is 4.39 Å². The fourth-order valence-corrected chi connectivity index (χ4v) is 1.65. The van der Waals surface area contributed by atoms with Crippen molar-refractivity contribution in [1.29, 1.82) is 0 Å². The molecule has 0 fully saturated rings. The molecule has 0 radical (unpaired) electrons. The summed E-state index contributed by atoms with van der Waals surface area (Å²) in [6.07, 6.45) is 0.711. The van der Waals surface area contributed by atoms with E-state index < -0.39 is 5.41 Å². The van der Waals surface area contributed by atoms with E-state index in [1.165, 1.54) is 12.1 Å². The molecule has 1 aromatic carbocycles. The van der Waals surface area contributed by atoms with Crippen molar-refractivity contribution in [2.45, 2.75) is 20.3 Å². The fourth-order valence-electron chi connectivity index (χ4n) is 1.65. The Morgan fingerprint density at radius 3 is 2.39 bits per heavy atom. The molecule has 2 N–H and O–H groups in total. The molecule has 0 unspecified atom stereocenters. The molecule has 3 nitrogen and oxygen atoms in total. The summed E-state index contributed by atoms with van der Waals surface area (Å²) in [5, 5.41) is 0. The van der Waals surface area contributed by atoms with Gasteiger partial charge in [0.25, 0.3) is 0 Å². The molecule has 0 aromatic heterocycles. The smallest absolute Gasteiger partial charge is 0.229 e. The van der Waals surface area contributed by atoms with Crippen LogP contribution in [0.4, 0.5) is 4.39 Å². The van der Waals surface area contributed by atoms with Gasteiger partial charge >= 0.3 is 0 Å². The zero-order valence-corrected chi connectivity index (χ0v) is 11.2. The molecule has 1 amide bonds. The molecule has 1 aromatic rings. The van der Waals surface area contributed by atoms with Crippen LogP contribution in [0.5, 0.6) is 0 Å². The summed E-state index contributed by atoms with van der Waals surface area (Å²) in [6, 6.07) is 6.34. The van der Waals surface area contributed by atoms with Gasteiger partial charge in [0, 0.05) is 20.1 Å². The molecular formula is C14H21FN2O. The van der Waals surface area contributed by atoms with Crippen molar-refractivity contribution in [3.8, 4) is 0 Å². The highest BCUT2D eigenvalue weighted by molar-refractivity contribution is 5.81. The average molecular weight is 252 g/mol. The topological polar surface area (TPSA) is 46.3 Å². The average Bonchev–Trinajstić information content (AvgIpc) is 2.36. The second kappa shape index (κ2) is 5.96. The lowest BCUT2D eigenvalue weighted by molar-refractivity contribution is -0.138. The Morgan fingerprint density at radius 2 is 1.89 bits per heavy atom. The maximum Gasteiger partial charge on any atom is 0.229 e. The van der Waals surface area contributed by atoms with E-state index in [0.717, 1.165) is 5.56 Å². The van der Waals surface area contributed by atoms with Crippen LogP contribution in [0.15, 0.2) is 24.3 Å². The van der Waals surface area contributed by atoms with Crippen molar-refractivity contribution in [2.24, 2.45) is 11.1 Å². The van der Waals surface area contributed by atoms with E-state index in [4.69, 9.17) is 5.73 Å². The third kappa shape index (κ3) is 3.81. The van der Waals surface area contributed by atoms with Gasteiger partial charge in [-0.05, 0) is 38.0 Å². The predicted octanol–water partition coefficient (Wildman–Crippen LogP) is 1.81. The van der Waals surface area contributed by atoms with Gasteiger partial charge in [0.2, 0.25) is 5.91 Å². The number of halogens is 1. The van der Waals surface area contributed by atoms with Crippen LogP contribution in [0.1, 0.15) is 19.4 Å². The van der Waals surface area contributed by atoms with E-state index in [-0.39, 0.29) is 11.7 Å². The number of rotatable bonds is 5. The van der Waals surface area contributed by atoms with Gasteiger partial charge in [-0.3, -0.25) is 4.79 Å². The van der Waals surface area contributed by atoms with Crippen LogP contribution in [0.25, 0.3) is 0 Å². The minimum absolute atomic E-state index is 0.0344. The molecule has 0 aliphatic heterocycles. The quantitative estimate of drug-likeness (QED) is 0.868. The number of likely N-dealkylation sites (N-methyl/N-ethyl adjacent to an activating group) is 1. The minimum atomic E-state index is -0.530. The Kier molecular flexibility index (Phi) is 4.84. The SMILES string of the molecule is CN(CCc1ccc(F)cc1)C(=O)C(C)(C)CN. The van der Waals surface area contributed by atoms with Crippen molar-refractivity contribution < 1.29 is 9.18 Å². The number of nitrogens with zero attached hydrogens (tertiary/aromatic N) is 1. The van der Waals surface area contributed by atoms with Crippen molar-refractivity contribution in [2.75, 3.05) is 20.1 Å². The van der Waals surface area contributed by atoms with E-state index in [9.17, 15) is 9.18 Å². The molecular weight excluding hydrogens is 231 g/mol. The standard InChI is InChI=1S/C14H21FN2O/c1-14(2,10-16)13(18)17(3)9-8-11-4-6-12(15)7-5-11/h4-7H,8-10,16H2,1-3H3. The van der Waals surface area contributed by atoms with Crippen LogP contribution in [-0.2, 0) is 11.2 Å². The minimum Gasteiger partial charge on any atom is -0.345 e. The van der Waals surface area contributed by atoms with E-state index >= 15 is 0 Å². The molecule has 0 bridgehead atoms. The molecule has 0 spiro atoms. The highest BCUT2D eigenvalue weighted by atomic mass is 19.1. The first-order chi connectivity index (χ1) is 8.36. The third-order valence-corrected chi connectivity index (χ3v) is 3.09. The van der Waals surface area contributed by atoms with Crippen LogP contribution in [0, 0.1) is 11.2 Å². The summed E-state index contributed by atoms with van der Waals surface area (Å²) >= 11 is 0. The maximum atomic E-state index is 12.7. The monoisotopic (exact) mass is 252 g/mol. The Hall–Kier alpha value is -1.42. The first-order valence-corrected chi connectivity index (χ1v) is 6.07. The number of amides is 1. The summed E-state index contributed by atoms with van der Waals surface area (Å²) in [6.45, 7) is 4.61. The van der Waals surface area contributed by atoms with Gasteiger partial charge in [0.15, 0.2) is 0 Å². The number of benzene rings is 1. The van der Waals surface area contributed by atoms with Crippen molar-refractivity contribution in [3.63, 3.8) is 0 Å². The van der Waals surface area contributed by atoms with Crippen molar-refractivity contribution in [3.05, 3.63) is 35.6 Å². The van der Waals surface area contributed by atoms with Gasteiger partial charge in [0.1, 0.15) is 5.82 Å². The predicted molar refractivity (Wildman–Crippen MR) is 70.6 cm³/mol. The highest BCUT2D eigenvalue weighted by Crippen LogP contribution is 2.16. The summed E-state index contributed by atoms with van der Waals surface area (Å²) in [5.74, 6) is -0.209. The maximum absolute atomic E-state index is 12.7. The number of carbonyl (C=O) groups is 1. The van der Waals surface area contributed by atoms with Crippen LogP contribution in [0.2, 0.25) is 0 Å². The van der Waals surface area contributed by atoms with Crippen LogP contribution >= 0.6 is 0 Å². The zero-order chi connectivity index (χ0) is 13.8. The summed E-state index contributed by atoms with van der Waals surface area (Å²) < 4.78 is 12.7. The normalized spacial score (nSPS) is 11.4. The summed E-state index contributed by atoms with van der Waals surface area (Å²) in [7, 11) is 1.77. The van der Waals surface area contributed by atoms with Gasteiger partial charge in [-0.2, -0.15) is 0 Å². The second-order valence-corrected chi connectivity index (χ2v) is 5.19. The first-order valence-electron chi connectivity index (χ1n) is 6.07. The van der Waals surface area contributed by atoms with Crippen molar-refractivity contribution in [1.82, 2.24) is 4.90 Å². The molecule has 18 heavy (non-hydrogen) atoms. The van der Waals surface area contributed by atoms with Crippen LogP contribution < -0.4 is 5.73 Å². The Balaban J connectivity index is 2.53. The molecule has 0 heterocycles. The molecule has 0 aliphatic rings. The van der Waals surface area contributed by atoms with E-state index in [2.05, 4.69) is 0 Å². The third-order valence-electron chi connectivity index (χ3n) is 3.09. The summed E-state index contributed by atoms with van der Waals surface area (Å²) in [4.78, 5) is 13.7. The number of carbonyl (C=O) groups excluding carboxylic acids is 1. The molecule has 4 heteroatoms. The van der Waals surface area contributed by atoms with Crippen molar-refractivity contribution >= 4 is 5.91 Å². The zero-order valence-electron chi connectivity index (χ0n) is 11.2. The molecule has 1 rings (SSSR count). The van der Waals surface area contributed by atoms with Gasteiger partial charge < -0.3 is 10.6 Å².